The van der Waals surface area contributed by atoms with Gasteiger partial charge in [0.05, 0.1) is 32.1 Å². The number of amides is 2. The fourth-order valence-corrected chi connectivity index (χ4v) is 4.57. The van der Waals surface area contributed by atoms with Gasteiger partial charge in [-0.15, -0.1) is 0 Å². The lowest BCUT2D eigenvalue weighted by molar-refractivity contribution is 0.145. The standard InChI is InChI=1S/C25H31FN4O4/c1-15-13-19-20(14-21(33-3)24(34-4)22(19)26)23(28-30(15)25(32)27-2)16-5-7-17(8-6-16)29-11-9-18(31)10-12-29/h5-8,14-15,18,31H,9-13H2,1-4H3,(H,27,32)/t15-/m1/s1. The first-order chi connectivity index (χ1) is 16.4. The molecule has 8 nitrogen and oxygen atoms in total. The molecule has 2 N–H and O–H groups in total. The minimum absolute atomic E-state index is 0.0313. The number of ether oxygens (including phenoxy) is 2. The number of hydrogen-bond acceptors (Lipinski definition) is 6. The van der Waals surface area contributed by atoms with Gasteiger partial charge in [-0.05, 0) is 44.4 Å². The van der Waals surface area contributed by atoms with Gasteiger partial charge in [0, 0.05) is 42.5 Å². The van der Waals surface area contributed by atoms with Crippen LogP contribution in [0.15, 0.2) is 35.4 Å². The number of anilines is 1. The first kappa shape index (κ1) is 23.8. The second-order valence-electron chi connectivity index (χ2n) is 8.62. The number of halogens is 1. The van der Waals surface area contributed by atoms with Crippen molar-refractivity contribution in [3.63, 3.8) is 0 Å². The van der Waals surface area contributed by atoms with Gasteiger partial charge in [-0.25, -0.2) is 14.2 Å². The van der Waals surface area contributed by atoms with Gasteiger partial charge >= 0.3 is 6.03 Å². The maximum atomic E-state index is 15.6. The lowest BCUT2D eigenvalue weighted by Crippen LogP contribution is -2.41. The number of aliphatic hydroxyl groups excluding tert-OH is 1. The van der Waals surface area contributed by atoms with Gasteiger partial charge in [-0.1, -0.05) is 12.1 Å². The zero-order valence-electron chi connectivity index (χ0n) is 20.0. The maximum Gasteiger partial charge on any atom is 0.337 e. The number of methoxy groups -OCH3 is 2. The number of hydrazone groups is 1. The van der Waals surface area contributed by atoms with E-state index in [2.05, 4.69) is 10.2 Å². The van der Waals surface area contributed by atoms with Crippen molar-refractivity contribution in [3.05, 3.63) is 52.8 Å². The van der Waals surface area contributed by atoms with Crippen LogP contribution in [0.3, 0.4) is 0 Å². The number of piperidine rings is 1. The van der Waals surface area contributed by atoms with E-state index in [4.69, 9.17) is 14.6 Å². The molecule has 2 aromatic rings. The number of nitrogens with zero attached hydrogens (tertiary/aromatic N) is 3. The lowest BCUT2D eigenvalue weighted by atomic mass is 9.93. The van der Waals surface area contributed by atoms with Crippen molar-refractivity contribution in [2.75, 3.05) is 39.3 Å². The number of benzene rings is 2. The van der Waals surface area contributed by atoms with Crippen LogP contribution in [0.5, 0.6) is 11.5 Å². The summed E-state index contributed by atoms with van der Waals surface area (Å²) >= 11 is 0. The quantitative estimate of drug-likeness (QED) is 0.717. The van der Waals surface area contributed by atoms with Crippen LogP contribution in [0.4, 0.5) is 14.9 Å². The zero-order chi connectivity index (χ0) is 24.4. The molecule has 1 atom stereocenters. The van der Waals surface area contributed by atoms with E-state index < -0.39 is 5.82 Å². The molecule has 2 heterocycles. The molecule has 0 aliphatic carbocycles. The normalized spacial score (nSPS) is 18.6. The Hall–Kier alpha value is -3.33. The van der Waals surface area contributed by atoms with Crippen LogP contribution < -0.4 is 19.7 Å². The highest BCUT2D eigenvalue weighted by atomic mass is 19.1. The second-order valence-corrected chi connectivity index (χ2v) is 8.62. The third-order valence-electron chi connectivity index (χ3n) is 6.48. The van der Waals surface area contributed by atoms with E-state index in [1.165, 1.54) is 19.2 Å². The van der Waals surface area contributed by atoms with Crippen molar-refractivity contribution >= 4 is 17.4 Å². The molecule has 9 heteroatoms. The van der Waals surface area contributed by atoms with Crippen LogP contribution in [-0.4, -0.2) is 68.4 Å². The predicted molar refractivity (Wildman–Crippen MR) is 128 cm³/mol. The Morgan fingerprint density at radius 3 is 2.44 bits per heavy atom. The number of rotatable bonds is 4. The van der Waals surface area contributed by atoms with E-state index in [9.17, 15) is 9.90 Å². The predicted octanol–water partition coefficient (Wildman–Crippen LogP) is 3.14. The maximum absolute atomic E-state index is 15.6. The lowest BCUT2D eigenvalue weighted by Gasteiger charge is -2.31. The molecule has 0 aromatic heterocycles. The van der Waals surface area contributed by atoms with Crippen LogP contribution in [0, 0.1) is 5.82 Å². The molecule has 2 aliphatic rings. The number of aliphatic hydroxyl groups is 1. The Labute approximate surface area is 199 Å². The summed E-state index contributed by atoms with van der Waals surface area (Å²) in [4.78, 5) is 14.8. The Kier molecular flexibility index (Phi) is 6.92. The summed E-state index contributed by atoms with van der Waals surface area (Å²) in [7, 11) is 4.40. The van der Waals surface area contributed by atoms with Crippen molar-refractivity contribution < 1.29 is 23.8 Å². The van der Waals surface area contributed by atoms with Crippen LogP contribution in [0.1, 0.15) is 36.5 Å². The summed E-state index contributed by atoms with van der Waals surface area (Å²) in [5.74, 6) is -0.224. The van der Waals surface area contributed by atoms with Crippen LogP contribution in [0.2, 0.25) is 0 Å². The average Bonchev–Trinajstić information content (AvgIpc) is 3.00. The number of fused-ring (bicyclic) bond motifs is 1. The molecular formula is C25H31FN4O4. The zero-order valence-corrected chi connectivity index (χ0v) is 20.0. The molecule has 2 aromatic carbocycles. The fraction of sp³-hybridized carbons (Fsp3) is 0.440. The Balaban J connectivity index is 1.81. The molecule has 0 bridgehead atoms. The van der Waals surface area contributed by atoms with Crippen molar-refractivity contribution in [2.45, 2.75) is 38.3 Å². The number of carbonyl (C=O) groups is 1. The highest BCUT2D eigenvalue weighted by molar-refractivity contribution is 6.14. The number of nitrogens with one attached hydrogen (secondary N) is 1. The second kappa shape index (κ2) is 9.89. The van der Waals surface area contributed by atoms with E-state index in [-0.39, 0.29) is 36.1 Å². The smallest absolute Gasteiger partial charge is 0.337 e. The number of hydrogen-bond donors (Lipinski definition) is 2. The van der Waals surface area contributed by atoms with Crippen molar-refractivity contribution in [2.24, 2.45) is 5.10 Å². The monoisotopic (exact) mass is 470 g/mol. The molecular weight excluding hydrogens is 439 g/mol. The molecule has 0 spiro atoms. The number of carbonyl (C=O) groups excluding carboxylic acids is 1. The molecule has 2 aliphatic heterocycles. The van der Waals surface area contributed by atoms with Gasteiger partial charge < -0.3 is 24.8 Å². The molecule has 0 saturated carbocycles. The van der Waals surface area contributed by atoms with E-state index in [1.807, 2.05) is 31.2 Å². The Bertz CT molecular complexity index is 1080. The molecule has 4 rings (SSSR count). The molecule has 0 unspecified atom stereocenters. The van der Waals surface area contributed by atoms with Crippen LogP contribution >= 0.6 is 0 Å². The van der Waals surface area contributed by atoms with Crippen molar-refractivity contribution in [1.29, 1.82) is 0 Å². The molecule has 1 fully saturated rings. The van der Waals surface area contributed by atoms with E-state index >= 15 is 4.39 Å². The SMILES string of the molecule is CNC(=O)N1N=C(c2ccc(N3CCC(O)CC3)cc2)c2cc(OC)c(OC)c(F)c2C[C@H]1C. The summed E-state index contributed by atoms with van der Waals surface area (Å²) in [5.41, 5.74) is 3.24. The minimum atomic E-state index is -0.515. The first-order valence-corrected chi connectivity index (χ1v) is 11.4. The Morgan fingerprint density at radius 2 is 1.85 bits per heavy atom. The van der Waals surface area contributed by atoms with Crippen molar-refractivity contribution in [1.82, 2.24) is 10.3 Å². The minimum Gasteiger partial charge on any atom is -0.493 e. The molecule has 0 radical (unpaired) electrons. The average molecular weight is 471 g/mol. The van der Waals surface area contributed by atoms with Crippen molar-refractivity contribution in [3.8, 4) is 11.5 Å². The van der Waals surface area contributed by atoms with E-state index in [0.29, 0.717) is 16.8 Å². The van der Waals surface area contributed by atoms with Crippen LogP contribution in [0.25, 0.3) is 0 Å². The molecule has 1 saturated heterocycles. The molecule has 34 heavy (non-hydrogen) atoms. The van der Waals surface area contributed by atoms with Gasteiger partial charge in [0.15, 0.2) is 17.3 Å². The summed E-state index contributed by atoms with van der Waals surface area (Å²) in [5, 5.41) is 18.5. The van der Waals surface area contributed by atoms with Gasteiger partial charge in [0.1, 0.15) is 0 Å². The van der Waals surface area contributed by atoms with Gasteiger partial charge in [0.2, 0.25) is 0 Å². The fourth-order valence-electron chi connectivity index (χ4n) is 4.57. The van der Waals surface area contributed by atoms with Gasteiger partial charge in [-0.3, -0.25) is 0 Å². The molecule has 2 amide bonds. The summed E-state index contributed by atoms with van der Waals surface area (Å²) in [6, 6.07) is 8.79. The topological polar surface area (TPSA) is 86.6 Å². The largest absolute Gasteiger partial charge is 0.493 e. The first-order valence-electron chi connectivity index (χ1n) is 11.4. The number of urea groups is 1. The van der Waals surface area contributed by atoms with E-state index in [1.54, 1.807) is 13.1 Å². The van der Waals surface area contributed by atoms with Gasteiger partial charge in [-0.2, -0.15) is 5.10 Å². The summed E-state index contributed by atoms with van der Waals surface area (Å²) < 4.78 is 26.3. The summed E-state index contributed by atoms with van der Waals surface area (Å²) in [6.07, 6.45) is 1.49. The third-order valence-corrected chi connectivity index (χ3v) is 6.48. The molecule has 182 valence electrons. The van der Waals surface area contributed by atoms with Crippen LogP contribution in [-0.2, 0) is 6.42 Å². The third kappa shape index (κ3) is 4.40. The Morgan fingerprint density at radius 1 is 1.18 bits per heavy atom. The van der Waals surface area contributed by atoms with Gasteiger partial charge in [0.25, 0.3) is 0 Å². The van der Waals surface area contributed by atoms with E-state index in [0.717, 1.165) is 37.2 Å². The summed E-state index contributed by atoms with van der Waals surface area (Å²) in [6.45, 7) is 3.40. The highest BCUT2D eigenvalue weighted by Gasteiger charge is 2.31. The highest BCUT2D eigenvalue weighted by Crippen LogP contribution is 2.38.